The molecule has 0 amide bonds. The molecule has 1 saturated heterocycles. The Morgan fingerprint density at radius 2 is 2.18 bits per heavy atom. The fourth-order valence-corrected chi connectivity index (χ4v) is 2.54. The van der Waals surface area contributed by atoms with Gasteiger partial charge in [-0.05, 0) is 25.7 Å². The first-order valence-corrected chi connectivity index (χ1v) is 7.16. The summed E-state index contributed by atoms with van der Waals surface area (Å²) in [5.41, 5.74) is 0. The minimum atomic E-state index is -3.70. The van der Waals surface area contributed by atoms with Gasteiger partial charge >= 0.3 is 0 Å². The number of nitrogens with two attached hydrogens (primary N) is 1. The summed E-state index contributed by atoms with van der Waals surface area (Å²) in [4.78, 5) is 3.97. The molecule has 1 aromatic rings. The van der Waals surface area contributed by atoms with Crippen molar-refractivity contribution in [3.63, 3.8) is 0 Å². The van der Waals surface area contributed by atoms with Crippen molar-refractivity contribution in [2.45, 2.75) is 31.3 Å². The third-order valence-corrected chi connectivity index (χ3v) is 3.82. The Balaban J connectivity index is 2.13. The van der Waals surface area contributed by atoms with Crippen molar-refractivity contribution >= 4 is 10.0 Å². The quantitative estimate of drug-likeness (QED) is 0.843. The molecule has 2 N–H and O–H groups in total. The van der Waals surface area contributed by atoms with Gasteiger partial charge in [0.15, 0.2) is 5.03 Å². The van der Waals surface area contributed by atoms with Crippen molar-refractivity contribution in [2.75, 3.05) is 13.2 Å². The Kier molecular flexibility index (Phi) is 3.50. The van der Waals surface area contributed by atoms with E-state index in [2.05, 4.69) is 4.98 Å². The van der Waals surface area contributed by atoms with E-state index in [1.165, 1.54) is 6.20 Å². The zero-order valence-corrected chi connectivity index (χ0v) is 10.6. The second-order valence-corrected chi connectivity index (χ2v) is 5.89. The van der Waals surface area contributed by atoms with E-state index in [4.69, 9.17) is 9.88 Å². The zero-order chi connectivity index (χ0) is 12.5. The predicted molar refractivity (Wildman–Crippen MR) is 61.9 cm³/mol. The van der Waals surface area contributed by atoms with Crippen LogP contribution in [0.3, 0.4) is 0 Å². The molecular weight excluding hydrogens is 242 g/mol. The molecule has 0 radical (unpaired) electrons. The number of imidazole rings is 1. The third-order valence-electron chi connectivity index (χ3n) is 3.04. The normalized spacial score (nSPS) is 18.5. The molecule has 2 rings (SSSR count). The molecule has 96 valence electrons. The zero-order valence-electron chi connectivity index (χ0n) is 9.80. The second-order valence-electron chi connectivity index (χ2n) is 4.38. The highest BCUT2D eigenvalue weighted by Crippen LogP contribution is 2.18. The average Bonchev–Trinajstić information content (AvgIpc) is 2.62. The lowest BCUT2D eigenvalue weighted by Gasteiger charge is -2.22. The van der Waals surface area contributed by atoms with Crippen molar-refractivity contribution in [3.8, 4) is 0 Å². The van der Waals surface area contributed by atoms with Gasteiger partial charge in [0.05, 0.1) is 0 Å². The van der Waals surface area contributed by atoms with Crippen molar-refractivity contribution in [3.05, 3.63) is 12.0 Å². The lowest BCUT2D eigenvalue weighted by atomic mass is 10.0. The van der Waals surface area contributed by atoms with Crippen molar-refractivity contribution in [1.29, 1.82) is 0 Å². The van der Waals surface area contributed by atoms with Gasteiger partial charge in [-0.25, -0.2) is 18.5 Å². The maximum atomic E-state index is 11.2. The summed E-state index contributed by atoms with van der Waals surface area (Å²) in [6.07, 6.45) is 3.52. The molecular formula is C10H17N3O3S. The molecule has 0 aromatic carbocycles. The van der Waals surface area contributed by atoms with Crippen LogP contribution in [0.5, 0.6) is 0 Å². The highest BCUT2D eigenvalue weighted by Gasteiger charge is 2.18. The van der Waals surface area contributed by atoms with Crippen LogP contribution in [0.25, 0.3) is 0 Å². The summed E-state index contributed by atoms with van der Waals surface area (Å²) in [6, 6.07) is 0. The number of hydrogen-bond donors (Lipinski definition) is 1. The van der Waals surface area contributed by atoms with Crippen molar-refractivity contribution < 1.29 is 13.2 Å². The smallest absolute Gasteiger partial charge is 0.257 e. The van der Waals surface area contributed by atoms with E-state index < -0.39 is 10.0 Å². The van der Waals surface area contributed by atoms with E-state index in [9.17, 15) is 8.42 Å². The molecule has 7 heteroatoms. The Bertz CT molecular complexity index is 489. The number of hydrogen-bond acceptors (Lipinski definition) is 4. The van der Waals surface area contributed by atoms with E-state index in [-0.39, 0.29) is 5.03 Å². The molecule has 1 aliphatic heterocycles. The molecule has 6 nitrogen and oxygen atoms in total. The van der Waals surface area contributed by atoms with Gasteiger partial charge in [0.2, 0.25) is 0 Å². The average molecular weight is 259 g/mol. The van der Waals surface area contributed by atoms with Crippen LogP contribution in [-0.2, 0) is 21.3 Å². The molecule has 0 saturated carbocycles. The van der Waals surface area contributed by atoms with Gasteiger partial charge in [-0.3, -0.25) is 0 Å². The summed E-state index contributed by atoms with van der Waals surface area (Å²) >= 11 is 0. The van der Waals surface area contributed by atoms with Crippen molar-refractivity contribution in [1.82, 2.24) is 9.55 Å². The molecule has 2 heterocycles. The van der Waals surface area contributed by atoms with Gasteiger partial charge in [0, 0.05) is 26.0 Å². The molecule has 17 heavy (non-hydrogen) atoms. The molecule has 1 aromatic heterocycles. The minimum absolute atomic E-state index is 0.0536. The molecule has 0 unspecified atom stereocenters. The van der Waals surface area contributed by atoms with Crippen LogP contribution in [0.1, 0.15) is 18.7 Å². The van der Waals surface area contributed by atoms with E-state index >= 15 is 0 Å². The summed E-state index contributed by atoms with van der Waals surface area (Å²) in [5, 5.41) is 4.99. The maximum absolute atomic E-state index is 11.2. The van der Waals surface area contributed by atoms with Crippen LogP contribution >= 0.6 is 0 Å². The minimum Gasteiger partial charge on any atom is -0.381 e. The number of rotatable bonds is 3. The molecule has 0 atom stereocenters. The van der Waals surface area contributed by atoms with Crippen LogP contribution in [0.2, 0.25) is 0 Å². The summed E-state index contributed by atoms with van der Waals surface area (Å²) in [6.45, 7) is 4.12. The standard InChI is InChI=1S/C10H17N3O3S/c1-8-12-10(17(11,14)15)7-13(8)6-9-2-4-16-5-3-9/h7,9H,2-6H2,1H3,(H2,11,14,15). The Morgan fingerprint density at radius 1 is 1.53 bits per heavy atom. The predicted octanol–water partition coefficient (Wildman–Crippen LogP) is 0.266. The Labute approximate surface area is 101 Å². The lowest BCUT2D eigenvalue weighted by molar-refractivity contribution is 0.0610. The van der Waals surface area contributed by atoms with E-state index in [0.29, 0.717) is 11.7 Å². The third kappa shape index (κ3) is 3.05. The summed E-state index contributed by atoms with van der Waals surface area (Å²) in [5.74, 6) is 1.20. The molecule has 0 aliphatic carbocycles. The van der Waals surface area contributed by atoms with Crippen LogP contribution in [0.4, 0.5) is 0 Å². The number of sulfonamides is 1. The van der Waals surface area contributed by atoms with Crippen LogP contribution in [-0.4, -0.2) is 31.2 Å². The molecule has 1 aliphatic rings. The molecule has 0 spiro atoms. The van der Waals surface area contributed by atoms with Gasteiger partial charge < -0.3 is 9.30 Å². The van der Waals surface area contributed by atoms with Crippen LogP contribution in [0.15, 0.2) is 11.2 Å². The molecule has 0 bridgehead atoms. The summed E-state index contributed by atoms with van der Waals surface area (Å²) in [7, 11) is -3.70. The van der Waals surface area contributed by atoms with Gasteiger partial charge in [-0.1, -0.05) is 0 Å². The fraction of sp³-hybridized carbons (Fsp3) is 0.700. The largest absolute Gasteiger partial charge is 0.381 e. The highest BCUT2D eigenvalue weighted by atomic mass is 32.2. The fourth-order valence-electron chi connectivity index (χ4n) is 2.01. The maximum Gasteiger partial charge on any atom is 0.257 e. The Morgan fingerprint density at radius 3 is 2.71 bits per heavy atom. The topological polar surface area (TPSA) is 87.2 Å². The number of aryl methyl sites for hydroxylation is 1. The van der Waals surface area contributed by atoms with Gasteiger partial charge in [0.1, 0.15) is 5.82 Å². The van der Waals surface area contributed by atoms with Gasteiger partial charge in [0.25, 0.3) is 10.0 Å². The number of aromatic nitrogens is 2. The number of primary sulfonamides is 1. The monoisotopic (exact) mass is 259 g/mol. The SMILES string of the molecule is Cc1nc(S(N)(=O)=O)cn1CC1CCOCC1. The Hall–Kier alpha value is -0.920. The molecule has 1 fully saturated rings. The second kappa shape index (κ2) is 4.75. The number of nitrogens with zero attached hydrogens (tertiary/aromatic N) is 2. The number of ether oxygens (including phenoxy) is 1. The van der Waals surface area contributed by atoms with Crippen LogP contribution < -0.4 is 5.14 Å². The van der Waals surface area contributed by atoms with Gasteiger partial charge in [-0.15, -0.1) is 0 Å². The van der Waals surface area contributed by atoms with E-state index in [0.717, 1.165) is 32.6 Å². The first-order valence-electron chi connectivity index (χ1n) is 5.61. The van der Waals surface area contributed by atoms with Crippen molar-refractivity contribution in [2.24, 2.45) is 11.1 Å². The van der Waals surface area contributed by atoms with E-state index in [1.54, 1.807) is 6.92 Å². The van der Waals surface area contributed by atoms with Crippen LogP contribution in [0, 0.1) is 12.8 Å². The lowest BCUT2D eigenvalue weighted by Crippen LogP contribution is -2.20. The first kappa shape index (κ1) is 12.5. The summed E-state index contributed by atoms with van der Waals surface area (Å²) < 4.78 is 29.5. The van der Waals surface area contributed by atoms with Gasteiger partial charge in [-0.2, -0.15) is 0 Å². The van der Waals surface area contributed by atoms with E-state index in [1.807, 2.05) is 4.57 Å². The highest BCUT2D eigenvalue weighted by molar-refractivity contribution is 7.89. The first-order chi connectivity index (χ1) is 7.97.